The Morgan fingerprint density at radius 2 is 1.81 bits per heavy atom. The lowest BCUT2D eigenvalue weighted by Gasteiger charge is -2.11. The quantitative estimate of drug-likeness (QED) is 0.460. The molecule has 0 amide bonds. The summed E-state index contributed by atoms with van der Waals surface area (Å²) in [6.45, 7) is 1.77. The Morgan fingerprint density at radius 3 is 2.55 bits per heavy atom. The topological polar surface area (TPSA) is 76.4 Å². The second-order valence-electron chi connectivity index (χ2n) is 7.35. The van der Waals surface area contributed by atoms with E-state index in [4.69, 9.17) is 5.11 Å². The summed E-state index contributed by atoms with van der Waals surface area (Å²) in [6.07, 6.45) is 1.64. The fraction of sp³-hybridized carbons (Fsp3) is 0.125. The van der Waals surface area contributed by atoms with Crippen LogP contribution in [0.25, 0.3) is 22.0 Å². The van der Waals surface area contributed by atoms with Crippen molar-refractivity contribution in [3.63, 3.8) is 0 Å². The van der Waals surface area contributed by atoms with Crippen molar-refractivity contribution in [1.29, 1.82) is 0 Å². The molecule has 3 aromatic carbocycles. The van der Waals surface area contributed by atoms with Crippen LogP contribution in [0, 0.1) is 12.7 Å². The minimum absolute atomic E-state index is 0.0899. The molecule has 1 N–H and O–H groups in total. The van der Waals surface area contributed by atoms with Crippen LogP contribution in [0.2, 0.25) is 0 Å². The van der Waals surface area contributed by atoms with Gasteiger partial charge in [-0.3, -0.25) is 4.79 Å². The molecule has 7 heteroatoms. The SMILES string of the molecule is Cc1cc(F)ccc1-c1cccc(S(=O)(=O)n2cc(CCC(=O)O)c3ccccc32)c1. The average molecular weight is 437 g/mol. The van der Waals surface area contributed by atoms with Crippen LogP contribution in [0.5, 0.6) is 0 Å². The summed E-state index contributed by atoms with van der Waals surface area (Å²) in [7, 11) is -3.94. The van der Waals surface area contributed by atoms with E-state index in [1.165, 1.54) is 28.4 Å². The van der Waals surface area contributed by atoms with Crippen molar-refractivity contribution in [2.45, 2.75) is 24.7 Å². The smallest absolute Gasteiger partial charge is 0.303 e. The molecule has 1 heterocycles. The van der Waals surface area contributed by atoms with Gasteiger partial charge in [-0.15, -0.1) is 0 Å². The Bertz CT molecular complexity index is 1410. The standard InChI is InChI=1S/C24H20FNO4S/c1-16-13-19(25)10-11-21(16)17-5-4-6-20(14-17)31(29,30)26-15-18(9-12-24(27)28)22-7-2-3-8-23(22)26/h2-8,10-11,13-15H,9,12H2,1H3,(H,27,28). The molecule has 158 valence electrons. The van der Waals surface area contributed by atoms with Crippen molar-refractivity contribution >= 4 is 26.9 Å². The van der Waals surface area contributed by atoms with E-state index in [2.05, 4.69) is 0 Å². The lowest BCUT2D eigenvalue weighted by atomic mass is 10.0. The highest BCUT2D eigenvalue weighted by atomic mass is 32.2. The number of carbonyl (C=O) groups is 1. The molecule has 0 unspecified atom stereocenters. The number of hydrogen-bond acceptors (Lipinski definition) is 3. The summed E-state index contributed by atoms with van der Waals surface area (Å²) in [6, 6.07) is 17.9. The number of aromatic nitrogens is 1. The van der Waals surface area contributed by atoms with Crippen molar-refractivity contribution < 1.29 is 22.7 Å². The summed E-state index contributed by atoms with van der Waals surface area (Å²) >= 11 is 0. The zero-order chi connectivity index (χ0) is 22.2. The first-order valence-electron chi connectivity index (χ1n) is 9.70. The van der Waals surface area contributed by atoms with Crippen molar-refractivity contribution in [1.82, 2.24) is 3.97 Å². The minimum Gasteiger partial charge on any atom is -0.481 e. The summed E-state index contributed by atoms with van der Waals surface area (Å²) in [4.78, 5) is 11.1. The van der Waals surface area contributed by atoms with Crippen molar-refractivity contribution in [3.05, 3.63) is 89.9 Å². The molecule has 0 atom stereocenters. The summed E-state index contributed by atoms with van der Waals surface area (Å²) in [5.41, 5.74) is 3.27. The van der Waals surface area contributed by atoms with E-state index in [0.29, 0.717) is 27.6 Å². The van der Waals surface area contributed by atoms with E-state index >= 15 is 0 Å². The molecule has 0 bridgehead atoms. The van der Waals surface area contributed by atoms with Gasteiger partial charge in [0.05, 0.1) is 10.4 Å². The summed E-state index contributed by atoms with van der Waals surface area (Å²) in [5.74, 6) is -1.29. The highest BCUT2D eigenvalue weighted by Crippen LogP contribution is 2.30. The van der Waals surface area contributed by atoms with Gasteiger partial charge in [0.25, 0.3) is 10.0 Å². The third kappa shape index (κ3) is 3.96. The van der Waals surface area contributed by atoms with E-state index in [9.17, 15) is 17.6 Å². The molecule has 0 fully saturated rings. The first-order valence-corrected chi connectivity index (χ1v) is 11.1. The minimum atomic E-state index is -3.94. The zero-order valence-electron chi connectivity index (χ0n) is 16.7. The molecule has 4 aromatic rings. The fourth-order valence-electron chi connectivity index (χ4n) is 3.75. The number of carboxylic acid groups (broad SMARTS) is 1. The Kier molecular flexibility index (Phi) is 5.37. The first-order chi connectivity index (χ1) is 14.8. The van der Waals surface area contributed by atoms with Crippen LogP contribution in [0.1, 0.15) is 17.5 Å². The molecular formula is C24H20FNO4S. The van der Waals surface area contributed by atoms with Crippen molar-refractivity contribution in [2.24, 2.45) is 0 Å². The monoisotopic (exact) mass is 437 g/mol. The maximum Gasteiger partial charge on any atom is 0.303 e. The van der Waals surface area contributed by atoms with Gasteiger partial charge < -0.3 is 5.11 Å². The van der Waals surface area contributed by atoms with Gasteiger partial charge in [-0.1, -0.05) is 36.4 Å². The highest BCUT2D eigenvalue weighted by Gasteiger charge is 2.22. The van der Waals surface area contributed by atoms with Crippen LogP contribution in [-0.2, 0) is 21.2 Å². The molecule has 0 aliphatic rings. The molecule has 0 spiro atoms. The van der Waals surface area contributed by atoms with Gasteiger partial charge in [0.15, 0.2) is 0 Å². The molecule has 0 aliphatic heterocycles. The van der Waals surface area contributed by atoms with E-state index in [1.807, 2.05) is 0 Å². The summed E-state index contributed by atoms with van der Waals surface area (Å²) in [5, 5.41) is 9.73. The molecule has 4 rings (SSSR count). The predicted molar refractivity (Wildman–Crippen MR) is 117 cm³/mol. The fourth-order valence-corrected chi connectivity index (χ4v) is 5.18. The van der Waals surface area contributed by atoms with Gasteiger partial charge in [-0.05, 0) is 65.9 Å². The first kappa shape index (κ1) is 20.8. The normalized spacial score (nSPS) is 11.7. The average Bonchev–Trinajstić information content (AvgIpc) is 3.12. The number of aryl methyl sites for hydroxylation is 2. The second-order valence-corrected chi connectivity index (χ2v) is 9.17. The van der Waals surface area contributed by atoms with Gasteiger partial charge in [0.1, 0.15) is 5.82 Å². The van der Waals surface area contributed by atoms with Crippen LogP contribution >= 0.6 is 0 Å². The largest absolute Gasteiger partial charge is 0.481 e. The van der Waals surface area contributed by atoms with Crippen LogP contribution in [0.15, 0.2) is 77.8 Å². The van der Waals surface area contributed by atoms with E-state index < -0.39 is 16.0 Å². The predicted octanol–water partition coefficient (Wildman–Crippen LogP) is 5.01. The van der Waals surface area contributed by atoms with Crippen molar-refractivity contribution in [2.75, 3.05) is 0 Å². The number of nitrogens with zero attached hydrogens (tertiary/aromatic N) is 1. The molecule has 31 heavy (non-hydrogen) atoms. The molecule has 0 radical (unpaired) electrons. The van der Waals surface area contributed by atoms with Crippen LogP contribution in [0.4, 0.5) is 4.39 Å². The maximum atomic E-state index is 13.5. The number of benzene rings is 3. The van der Waals surface area contributed by atoms with Gasteiger partial charge in [0, 0.05) is 18.0 Å². The Morgan fingerprint density at radius 1 is 1.03 bits per heavy atom. The number of halogens is 1. The van der Waals surface area contributed by atoms with Gasteiger partial charge in [0.2, 0.25) is 0 Å². The Balaban J connectivity index is 1.83. The van der Waals surface area contributed by atoms with Gasteiger partial charge in [-0.2, -0.15) is 0 Å². The molecule has 1 aromatic heterocycles. The van der Waals surface area contributed by atoms with E-state index in [-0.39, 0.29) is 23.6 Å². The number of aliphatic carboxylic acids is 1. The number of carboxylic acids is 1. The van der Waals surface area contributed by atoms with Crippen molar-refractivity contribution in [3.8, 4) is 11.1 Å². The third-order valence-corrected chi connectivity index (χ3v) is 6.93. The zero-order valence-corrected chi connectivity index (χ0v) is 17.6. The molecular weight excluding hydrogens is 417 g/mol. The van der Waals surface area contributed by atoms with Crippen LogP contribution in [-0.4, -0.2) is 23.5 Å². The van der Waals surface area contributed by atoms with Crippen LogP contribution in [0.3, 0.4) is 0 Å². The number of para-hydroxylation sites is 1. The molecule has 0 saturated heterocycles. The van der Waals surface area contributed by atoms with Gasteiger partial charge >= 0.3 is 5.97 Å². The lowest BCUT2D eigenvalue weighted by Crippen LogP contribution is -2.12. The highest BCUT2D eigenvalue weighted by molar-refractivity contribution is 7.90. The number of hydrogen-bond donors (Lipinski definition) is 1. The number of fused-ring (bicyclic) bond motifs is 1. The van der Waals surface area contributed by atoms with E-state index in [1.54, 1.807) is 55.5 Å². The van der Waals surface area contributed by atoms with Gasteiger partial charge in [-0.25, -0.2) is 16.8 Å². The lowest BCUT2D eigenvalue weighted by molar-refractivity contribution is -0.136. The number of rotatable bonds is 6. The van der Waals surface area contributed by atoms with Crippen LogP contribution < -0.4 is 0 Å². The summed E-state index contributed by atoms with van der Waals surface area (Å²) < 4.78 is 41.7. The second kappa shape index (κ2) is 8.00. The van der Waals surface area contributed by atoms with E-state index in [0.717, 1.165) is 5.56 Å². The third-order valence-electron chi connectivity index (χ3n) is 5.26. The Labute approximate surface area is 179 Å². The Hall–Kier alpha value is -3.45. The molecule has 0 aliphatic carbocycles. The molecule has 0 saturated carbocycles. The molecule has 5 nitrogen and oxygen atoms in total. The maximum absolute atomic E-state index is 13.5.